The fraction of sp³-hybridized carbons (Fsp3) is 0.348. The maximum atomic E-state index is 12.6. The van der Waals surface area contributed by atoms with Crippen molar-refractivity contribution >= 4 is 17.4 Å². The van der Waals surface area contributed by atoms with E-state index in [0.717, 1.165) is 35.5 Å². The topological polar surface area (TPSA) is 83.7 Å². The lowest BCUT2D eigenvalue weighted by atomic mass is 9.97. The number of hydrogen-bond donors (Lipinski definition) is 1. The van der Waals surface area contributed by atoms with Crippen molar-refractivity contribution in [3.05, 3.63) is 54.4 Å². The number of anilines is 2. The highest BCUT2D eigenvalue weighted by molar-refractivity contribution is 5.89. The molecule has 2 aromatic carbocycles. The molecule has 0 bridgehead atoms. The van der Waals surface area contributed by atoms with E-state index in [1.165, 1.54) is 0 Å². The Morgan fingerprint density at radius 1 is 1.10 bits per heavy atom. The second-order valence-corrected chi connectivity index (χ2v) is 7.82. The first-order valence-electron chi connectivity index (χ1n) is 10.3. The van der Waals surface area contributed by atoms with Crippen LogP contribution >= 0.6 is 0 Å². The minimum atomic E-state index is -0.101. The zero-order valence-corrected chi connectivity index (χ0v) is 18.0. The number of piperidine rings is 1. The number of hydrogen-bond acceptors (Lipinski definition) is 6. The molecule has 1 fully saturated rings. The van der Waals surface area contributed by atoms with E-state index in [1.54, 1.807) is 7.11 Å². The predicted molar refractivity (Wildman–Crippen MR) is 120 cm³/mol. The van der Waals surface area contributed by atoms with E-state index in [9.17, 15) is 4.79 Å². The Balaban J connectivity index is 1.33. The number of methoxy groups -OCH3 is 1. The van der Waals surface area contributed by atoms with E-state index < -0.39 is 0 Å². The minimum absolute atomic E-state index is 0.101. The van der Waals surface area contributed by atoms with Crippen LogP contribution in [0.2, 0.25) is 0 Å². The van der Waals surface area contributed by atoms with Gasteiger partial charge in [-0.3, -0.25) is 0 Å². The van der Waals surface area contributed by atoms with Gasteiger partial charge in [-0.05, 0) is 61.4 Å². The maximum absolute atomic E-state index is 12.6. The Kier molecular flexibility index (Phi) is 6.06. The fourth-order valence-electron chi connectivity index (χ4n) is 3.63. The maximum Gasteiger partial charge on any atom is 0.321 e. The molecule has 1 saturated heterocycles. The second-order valence-electron chi connectivity index (χ2n) is 7.82. The third-order valence-corrected chi connectivity index (χ3v) is 5.56. The number of benzene rings is 2. The van der Waals surface area contributed by atoms with Crippen LogP contribution in [0.25, 0.3) is 11.4 Å². The van der Waals surface area contributed by atoms with Gasteiger partial charge in [-0.1, -0.05) is 5.16 Å². The molecular formula is C23H27N5O3. The summed E-state index contributed by atoms with van der Waals surface area (Å²) < 4.78 is 10.7. The number of urea groups is 1. The Morgan fingerprint density at radius 3 is 2.39 bits per heavy atom. The molecule has 3 aromatic rings. The molecule has 31 heavy (non-hydrogen) atoms. The van der Waals surface area contributed by atoms with E-state index in [2.05, 4.69) is 15.5 Å². The van der Waals surface area contributed by atoms with Crippen LogP contribution in [0.5, 0.6) is 5.75 Å². The van der Waals surface area contributed by atoms with Crippen molar-refractivity contribution in [3.8, 4) is 17.1 Å². The Bertz CT molecular complexity index is 1010. The monoisotopic (exact) mass is 421 g/mol. The molecule has 0 spiro atoms. The summed E-state index contributed by atoms with van der Waals surface area (Å²) in [6, 6.07) is 15.3. The van der Waals surface area contributed by atoms with Gasteiger partial charge in [-0.2, -0.15) is 4.98 Å². The van der Waals surface area contributed by atoms with Crippen LogP contribution in [0.15, 0.2) is 53.1 Å². The number of nitrogens with zero attached hydrogens (tertiary/aromatic N) is 4. The summed E-state index contributed by atoms with van der Waals surface area (Å²) in [4.78, 5) is 21.0. The lowest BCUT2D eigenvalue weighted by Crippen LogP contribution is -2.40. The SMILES string of the molecule is COc1ccc(NC(=O)N2CCC(c3nc(-c4ccc(N(C)C)cc4)no3)CC2)cc1. The van der Waals surface area contributed by atoms with E-state index >= 15 is 0 Å². The molecule has 8 heteroatoms. The average Bonchev–Trinajstić information content (AvgIpc) is 3.30. The minimum Gasteiger partial charge on any atom is -0.497 e. The molecule has 2 heterocycles. The molecular weight excluding hydrogens is 394 g/mol. The van der Waals surface area contributed by atoms with Crippen LogP contribution < -0.4 is 15.0 Å². The molecule has 1 N–H and O–H groups in total. The Hall–Kier alpha value is -3.55. The van der Waals surface area contributed by atoms with E-state index in [-0.39, 0.29) is 11.9 Å². The van der Waals surface area contributed by atoms with Crippen molar-refractivity contribution in [1.82, 2.24) is 15.0 Å². The summed E-state index contributed by atoms with van der Waals surface area (Å²) in [5.74, 6) is 2.15. The highest BCUT2D eigenvalue weighted by atomic mass is 16.5. The number of carbonyl (C=O) groups is 1. The number of nitrogens with one attached hydrogen (secondary N) is 1. The van der Waals surface area contributed by atoms with Gasteiger partial charge >= 0.3 is 6.03 Å². The lowest BCUT2D eigenvalue weighted by molar-refractivity contribution is 0.187. The lowest BCUT2D eigenvalue weighted by Gasteiger charge is -2.30. The highest BCUT2D eigenvalue weighted by Gasteiger charge is 2.27. The third-order valence-electron chi connectivity index (χ3n) is 5.56. The molecule has 2 amide bonds. The molecule has 1 aliphatic rings. The molecule has 0 atom stereocenters. The number of likely N-dealkylation sites (tertiary alicyclic amines) is 1. The zero-order valence-electron chi connectivity index (χ0n) is 18.0. The van der Waals surface area contributed by atoms with Crippen molar-refractivity contribution in [2.24, 2.45) is 0 Å². The predicted octanol–water partition coefficient (Wildman–Crippen LogP) is 4.22. The molecule has 1 aliphatic heterocycles. The van der Waals surface area contributed by atoms with Gasteiger partial charge in [0.2, 0.25) is 11.7 Å². The Morgan fingerprint density at radius 2 is 1.77 bits per heavy atom. The van der Waals surface area contributed by atoms with Gasteiger partial charge < -0.3 is 24.4 Å². The zero-order chi connectivity index (χ0) is 21.8. The number of rotatable bonds is 5. The summed E-state index contributed by atoms with van der Waals surface area (Å²) in [6.45, 7) is 1.28. The normalized spacial score (nSPS) is 14.4. The average molecular weight is 422 g/mol. The summed E-state index contributed by atoms with van der Waals surface area (Å²) >= 11 is 0. The van der Waals surface area contributed by atoms with Crippen LogP contribution in [-0.2, 0) is 0 Å². The van der Waals surface area contributed by atoms with Crippen LogP contribution in [-0.4, -0.2) is 55.4 Å². The van der Waals surface area contributed by atoms with Gasteiger partial charge in [0.05, 0.1) is 7.11 Å². The van der Waals surface area contributed by atoms with Gasteiger partial charge in [0, 0.05) is 50.0 Å². The molecule has 4 rings (SSSR count). The fourth-order valence-corrected chi connectivity index (χ4v) is 3.63. The van der Waals surface area contributed by atoms with Crippen LogP contribution in [0.3, 0.4) is 0 Å². The number of amides is 2. The third kappa shape index (κ3) is 4.79. The van der Waals surface area contributed by atoms with Gasteiger partial charge in [-0.15, -0.1) is 0 Å². The largest absolute Gasteiger partial charge is 0.497 e. The van der Waals surface area contributed by atoms with Gasteiger partial charge in [0.25, 0.3) is 0 Å². The highest BCUT2D eigenvalue weighted by Crippen LogP contribution is 2.29. The number of carbonyl (C=O) groups excluding carboxylic acids is 1. The smallest absolute Gasteiger partial charge is 0.321 e. The molecule has 0 radical (unpaired) electrons. The van der Waals surface area contributed by atoms with Crippen LogP contribution in [0.1, 0.15) is 24.7 Å². The molecule has 0 saturated carbocycles. The molecule has 1 aromatic heterocycles. The number of ether oxygens (including phenoxy) is 1. The van der Waals surface area contributed by atoms with E-state index in [0.29, 0.717) is 24.8 Å². The number of aromatic nitrogens is 2. The van der Waals surface area contributed by atoms with Crippen LogP contribution in [0.4, 0.5) is 16.2 Å². The van der Waals surface area contributed by atoms with Crippen molar-refractivity contribution in [2.75, 3.05) is 44.5 Å². The first-order valence-corrected chi connectivity index (χ1v) is 10.3. The summed E-state index contributed by atoms with van der Waals surface area (Å²) in [6.07, 6.45) is 1.58. The molecule has 8 nitrogen and oxygen atoms in total. The summed E-state index contributed by atoms with van der Waals surface area (Å²) in [5, 5.41) is 7.09. The summed E-state index contributed by atoms with van der Waals surface area (Å²) in [5.41, 5.74) is 2.79. The summed E-state index contributed by atoms with van der Waals surface area (Å²) in [7, 11) is 5.63. The molecule has 0 aliphatic carbocycles. The quantitative estimate of drug-likeness (QED) is 0.664. The van der Waals surface area contributed by atoms with Gasteiger partial charge in [0.1, 0.15) is 5.75 Å². The standard InChI is InChI=1S/C23H27N5O3/c1-27(2)19-8-4-16(5-9-19)21-25-22(31-26-21)17-12-14-28(15-13-17)23(29)24-18-6-10-20(30-3)11-7-18/h4-11,17H,12-15H2,1-3H3,(H,24,29). The van der Waals surface area contributed by atoms with Crippen LogP contribution in [0, 0.1) is 0 Å². The van der Waals surface area contributed by atoms with Crippen molar-refractivity contribution in [1.29, 1.82) is 0 Å². The Labute approximate surface area is 181 Å². The first kappa shape index (κ1) is 20.7. The van der Waals surface area contributed by atoms with E-state index in [1.807, 2.05) is 72.4 Å². The second kappa shape index (κ2) is 9.07. The molecule has 162 valence electrons. The van der Waals surface area contributed by atoms with Gasteiger partial charge in [-0.25, -0.2) is 4.79 Å². The first-order chi connectivity index (χ1) is 15.0. The van der Waals surface area contributed by atoms with Crippen molar-refractivity contribution < 1.29 is 14.1 Å². The van der Waals surface area contributed by atoms with E-state index in [4.69, 9.17) is 9.26 Å². The van der Waals surface area contributed by atoms with Crippen molar-refractivity contribution in [3.63, 3.8) is 0 Å². The van der Waals surface area contributed by atoms with Gasteiger partial charge in [0.15, 0.2) is 0 Å². The molecule has 0 unspecified atom stereocenters. The van der Waals surface area contributed by atoms with Crippen molar-refractivity contribution in [2.45, 2.75) is 18.8 Å².